The molecule has 1 aliphatic rings. The van der Waals surface area contributed by atoms with Crippen LogP contribution in [0.4, 0.5) is 0 Å². The quantitative estimate of drug-likeness (QED) is 0.206. The summed E-state index contributed by atoms with van der Waals surface area (Å²) in [6.07, 6.45) is 18.2. The van der Waals surface area contributed by atoms with Crippen LogP contribution in [0.3, 0.4) is 0 Å². The topological polar surface area (TPSA) is 26.3 Å². The van der Waals surface area contributed by atoms with Crippen LogP contribution in [0.25, 0.3) is 0 Å². The van der Waals surface area contributed by atoms with Crippen LogP contribution in [-0.4, -0.2) is 23.6 Å². The van der Waals surface area contributed by atoms with Crippen molar-refractivity contribution in [3.05, 3.63) is 0 Å². The van der Waals surface area contributed by atoms with Gasteiger partial charge in [0.05, 0.1) is 7.11 Å². The first kappa shape index (κ1) is 19.9. The Balaban J connectivity index is 1.77. The van der Waals surface area contributed by atoms with Crippen LogP contribution >= 0.6 is 11.8 Å². The molecule has 0 aromatic heterocycles. The first-order chi connectivity index (χ1) is 10.8. The normalized spacial score (nSPS) is 20.1. The van der Waals surface area contributed by atoms with E-state index >= 15 is 0 Å². The first-order valence-electron chi connectivity index (χ1n) is 9.50. The van der Waals surface area contributed by atoms with Crippen LogP contribution in [0.15, 0.2) is 0 Å². The molecule has 1 aliphatic heterocycles. The van der Waals surface area contributed by atoms with Crippen molar-refractivity contribution < 1.29 is 9.53 Å². The van der Waals surface area contributed by atoms with Crippen LogP contribution in [0, 0.1) is 0 Å². The summed E-state index contributed by atoms with van der Waals surface area (Å²) in [4.78, 5) is 11.0. The van der Waals surface area contributed by atoms with E-state index in [4.69, 9.17) is 0 Å². The Morgan fingerprint density at radius 2 is 1.32 bits per heavy atom. The van der Waals surface area contributed by atoms with Crippen LogP contribution in [0.5, 0.6) is 0 Å². The lowest BCUT2D eigenvalue weighted by Crippen LogP contribution is -1.99. The molecule has 1 rings (SSSR count). The summed E-state index contributed by atoms with van der Waals surface area (Å²) in [5.74, 6) is -0.0630. The van der Waals surface area contributed by atoms with Crippen molar-refractivity contribution in [3.8, 4) is 0 Å². The van der Waals surface area contributed by atoms with Crippen molar-refractivity contribution in [1.82, 2.24) is 0 Å². The molecule has 0 amide bonds. The SMILES string of the molecule is CCCCCCCC[C@@H]1S[C@@H]1CCCCCCCC(=O)OC. The molecule has 0 aromatic carbocycles. The fourth-order valence-electron chi connectivity index (χ4n) is 3.06. The molecule has 1 saturated heterocycles. The maximum atomic E-state index is 11.0. The lowest BCUT2D eigenvalue weighted by molar-refractivity contribution is -0.140. The lowest BCUT2D eigenvalue weighted by Gasteiger charge is -2.02. The van der Waals surface area contributed by atoms with Gasteiger partial charge in [0.15, 0.2) is 0 Å². The molecule has 0 unspecified atom stereocenters. The highest BCUT2D eigenvalue weighted by molar-refractivity contribution is 8.07. The molecule has 22 heavy (non-hydrogen) atoms. The molecule has 0 aliphatic carbocycles. The van der Waals surface area contributed by atoms with Crippen LogP contribution in [-0.2, 0) is 9.53 Å². The Morgan fingerprint density at radius 3 is 1.86 bits per heavy atom. The molecule has 0 aromatic rings. The molecule has 2 nitrogen and oxygen atoms in total. The van der Waals surface area contributed by atoms with Crippen molar-refractivity contribution in [2.45, 2.75) is 107 Å². The minimum atomic E-state index is -0.0630. The maximum absolute atomic E-state index is 11.0. The minimum Gasteiger partial charge on any atom is -0.469 e. The van der Waals surface area contributed by atoms with E-state index in [0.717, 1.165) is 16.9 Å². The first-order valence-corrected chi connectivity index (χ1v) is 10.4. The highest BCUT2D eigenvalue weighted by atomic mass is 32.2. The Morgan fingerprint density at radius 1 is 0.818 bits per heavy atom. The number of hydrogen-bond acceptors (Lipinski definition) is 3. The molecule has 0 bridgehead atoms. The lowest BCUT2D eigenvalue weighted by atomic mass is 10.0. The third-order valence-corrected chi connectivity index (χ3v) is 6.14. The van der Waals surface area contributed by atoms with Crippen molar-refractivity contribution in [2.75, 3.05) is 7.11 Å². The number of thioether (sulfide) groups is 1. The second-order valence-electron chi connectivity index (χ2n) is 6.65. The van der Waals surface area contributed by atoms with Gasteiger partial charge in [0.2, 0.25) is 0 Å². The van der Waals surface area contributed by atoms with Crippen molar-refractivity contribution >= 4 is 17.7 Å². The van der Waals surface area contributed by atoms with Gasteiger partial charge in [-0.05, 0) is 19.3 Å². The van der Waals surface area contributed by atoms with Crippen LogP contribution in [0.1, 0.15) is 96.8 Å². The van der Waals surface area contributed by atoms with Gasteiger partial charge in [-0.1, -0.05) is 71.1 Å². The summed E-state index contributed by atoms with van der Waals surface area (Å²) < 4.78 is 4.65. The summed E-state index contributed by atoms with van der Waals surface area (Å²) >= 11 is 2.22. The van der Waals surface area contributed by atoms with Crippen molar-refractivity contribution in [2.24, 2.45) is 0 Å². The van der Waals surface area contributed by atoms with E-state index in [1.807, 2.05) is 0 Å². The molecule has 1 fully saturated rings. The van der Waals surface area contributed by atoms with Gasteiger partial charge in [-0.25, -0.2) is 0 Å². The molecule has 0 radical (unpaired) electrons. The number of carbonyl (C=O) groups is 1. The number of hydrogen-bond donors (Lipinski definition) is 0. The fourth-order valence-corrected chi connectivity index (χ4v) is 4.30. The number of carbonyl (C=O) groups excluding carboxylic acids is 1. The summed E-state index contributed by atoms with van der Waals surface area (Å²) in [5, 5.41) is 1.97. The Hall–Kier alpha value is -0.180. The monoisotopic (exact) mass is 328 g/mol. The van der Waals surface area contributed by atoms with Gasteiger partial charge in [0, 0.05) is 16.9 Å². The average molecular weight is 329 g/mol. The number of ether oxygens (including phenoxy) is 1. The molecule has 0 spiro atoms. The van der Waals surface area contributed by atoms with Gasteiger partial charge in [-0.15, -0.1) is 0 Å². The predicted octanol–water partition coefficient (Wildman–Crippen LogP) is 6.12. The number of unbranched alkanes of at least 4 members (excludes halogenated alkanes) is 9. The average Bonchev–Trinajstić information content (AvgIpc) is 3.28. The van der Waals surface area contributed by atoms with E-state index in [-0.39, 0.29) is 5.97 Å². The predicted molar refractivity (Wildman–Crippen MR) is 97.5 cm³/mol. The molecular weight excluding hydrogens is 292 g/mol. The van der Waals surface area contributed by atoms with Crippen molar-refractivity contribution in [3.63, 3.8) is 0 Å². The Bertz CT molecular complexity index is 281. The van der Waals surface area contributed by atoms with Crippen LogP contribution in [0.2, 0.25) is 0 Å². The Labute approximate surface area is 142 Å². The van der Waals surface area contributed by atoms with E-state index in [9.17, 15) is 4.79 Å². The molecule has 2 atom stereocenters. The molecule has 130 valence electrons. The zero-order valence-electron chi connectivity index (χ0n) is 14.8. The van der Waals surface area contributed by atoms with E-state index < -0.39 is 0 Å². The highest BCUT2D eigenvalue weighted by Gasteiger charge is 2.36. The Kier molecular flexibility index (Phi) is 12.0. The largest absolute Gasteiger partial charge is 0.469 e. The summed E-state index contributed by atoms with van der Waals surface area (Å²) in [6, 6.07) is 0. The smallest absolute Gasteiger partial charge is 0.305 e. The van der Waals surface area contributed by atoms with E-state index in [2.05, 4.69) is 23.4 Å². The second-order valence-corrected chi connectivity index (χ2v) is 8.14. The third kappa shape index (κ3) is 10.5. The van der Waals surface area contributed by atoms with Gasteiger partial charge in [0.25, 0.3) is 0 Å². The zero-order valence-corrected chi connectivity index (χ0v) is 15.6. The van der Waals surface area contributed by atoms with Gasteiger partial charge >= 0.3 is 5.97 Å². The van der Waals surface area contributed by atoms with Crippen LogP contribution < -0.4 is 0 Å². The third-order valence-electron chi connectivity index (χ3n) is 4.63. The highest BCUT2D eigenvalue weighted by Crippen LogP contribution is 2.47. The zero-order chi connectivity index (χ0) is 16.0. The van der Waals surface area contributed by atoms with Gasteiger partial charge in [0.1, 0.15) is 0 Å². The summed E-state index contributed by atoms with van der Waals surface area (Å²) in [6.45, 7) is 2.28. The summed E-state index contributed by atoms with van der Waals surface area (Å²) in [7, 11) is 1.47. The molecule has 0 saturated carbocycles. The van der Waals surface area contributed by atoms with Gasteiger partial charge < -0.3 is 4.74 Å². The molecule has 0 N–H and O–H groups in total. The minimum absolute atomic E-state index is 0.0630. The van der Waals surface area contributed by atoms with E-state index in [1.165, 1.54) is 84.2 Å². The van der Waals surface area contributed by atoms with E-state index in [1.54, 1.807) is 0 Å². The summed E-state index contributed by atoms with van der Waals surface area (Å²) in [5.41, 5.74) is 0. The molecular formula is C19H36O2S. The fraction of sp³-hybridized carbons (Fsp3) is 0.947. The second kappa shape index (κ2) is 13.3. The number of esters is 1. The van der Waals surface area contributed by atoms with Crippen molar-refractivity contribution in [1.29, 1.82) is 0 Å². The molecule has 1 heterocycles. The molecule has 3 heteroatoms. The maximum Gasteiger partial charge on any atom is 0.305 e. The standard InChI is InChI=1S/C19H36O2S/c1-3-4-5-6-8-11-14-17-18(22-17)15-12-9-7-10-13-16-19(20)21-2/h17-18H,3-16H2,1-2H3/t17-,18+/m0/s1. The van der Waals surface area contributed by atoms with Gasteiger partial charge in [-0.3, -0.25) is 4.79 Å². The van der Waals surface area contributed by atoms with E-state index in [0.29, 0.717) is 6.42 Å². The number of methoxy groups -OCH3 is 1. The van der Waals surface area contributed by atoms with Gasteiger partial charge in [-0.2, -0.15) is 11.8 Å². The number of rotatable bonds is 15.